The molecule has 0 aromatic heterocycles. The first-order valence-electron chi connectivity index (χ1n) is 4.65. The van der Waals surface area contributed by atoms with E-state index < -0.39 is 0 Å². The van der Waals surface area contributed by atoms with E-state index in [1.807, 2.05) is 0 Å². The van der Waals surface area contributed by atoms with Gasteiger partial charge in [-0.2, -0.15) is 0 Å². The molecule has 2 nitrogen and oxygen atoms in total. The Kier molecular flexibility index (Phi) is 3.95. The third kappa shape index (κ3) is 3.50. The van der Waals surface area contributed by atoms with Crippen LogP contribution in [0.15, 0.2) is 0 Å². The molecule has 0 radical (unpaired) electrons. The zero-order valence-corrected chi connectivity index (χ0v) is 8.57. The van der Waals surface area contributed by atoms with Crippen molar-refractivity contribution in [2.45, 2.75) is 25.7 Å². The summed E-state index contributed by atoms with van der Waals surface area (Å²) >= 11 is 4.85. The highest BCUT2D eigenvalue weighted by Gasteiger charge is 2.16. The second-order valence-electron chi connectivity index (χ2n) is 3.81. The van der Waals surface area contributed by atoms with Crippen LogP contribution in [0.2, 0.25) is 0 Å². The molecular formula is C9H18N2S. The summed E-state index contributed by atoms with van der Waals surface area (Å²) in [6, 6.07) is 0. The van der Waals surface area contributed by atoms with Crippen LogP contribution in [0.5, 0.6) is 0 Å². The van der Waals surface area contributed by atoms with Crippen LogP contribution in [0.1, 0.15) is 25.7 Å². The first kappa shape index (κ1) is 9.93. The monoisotopic (exact) mass is 186 g/mol. The van der Waals surface area contributed by atoms with E-state index in [0.717, 1.165) is 19.0 Å². The predicted octanol–water partition coefficient (Wildman–Crippen LogP) is 1.39. The third-order valence-corrected chi connectivity index (χ3v) is 2.60. The van der Waals surface area contributed by atoms with E-state index >= 15 is 0 Å². The van der Waals surface area contributed by atoms with Crippen LogP contribution in [0.4, 0.5) is 0 Å². The van der Waals surface area contributed by atoms with Crippen LogP contribution in [-0.2, 0) is 0 Å². The Hall–Kier alpha value is -0.150. The molecule has 0 saturated heterocycles. The summed E-state index contributed by atoms with van der Waals surface area (Å²) in [5.74, 6) is 0.893. The van der Waals surface area contributed by atoms with Crippen molar-refractivity contribution < 1.29 is 0 Å². The Morgan fingerprint density at radius 2 is 2.08 bits per heavy atom. The number of thiocarbonyl (C=S) groups is 1. The van der Waals surface area contributed by atoms with Crippen LogP contribution in [0.25, 0.3) is 0 Å². The Balaban J connectivity index is 2.16. The fourth-order valence-corrected chi connectivity index (χ4v) is 2.18. The van der Waals surface area contributed by atoms with E-state index in [-0.39, 0.29) is 0 Å². The molecule has 0 heterocycles. The first-order valence-corrected chi connectivity index (χ1v) is 5.06. The van der Waals surface area contributed by atoms with Crippen molar-refractivity contribution in [2.24, 2.45) is 11.7 Å². The lowest BCUT2D eigenvalue weighted by Gasteiger charge is -2.19. The fraction of sp³-hybridized carbons (Fsp3) is 0.889. The van der Waals surface area contributed by atoms with Crippen LogP contribution >= 0.6 is 12.2 Å². The van der Waals surface area contributed by atoms with Crippen molar-refractivity contribution in [3.8, 4) is 0 Å². The van der Waals surface area contributed by atoms with Gasteiger partial charge in [0.15, 0.2) is 0 Å². The van der Waals surface area contributed by atoms with Crippen LogP contribution in [0.3, 0.4) is 0 Å². The van der Waals surface area contributed by atoms with Crippen molar-refractivity contribution in [3.63, 3.8) is 0 Å². The molecule has 3 heteroatoms. The molecule has 1 rings (SSSR count). The van der Waals surface area contributed by atoms with Crippen molar-refractivity contribution in [1.29, 1.82) is 0 Å². The van der Waals surface area contributed by atoms with Gasteiger partial charge < -0.3 is 5.73 Å². The minimum atomic E-state index is 0.607. The topological polar surface area (TPSA) is 29.3 Å². The highest BCUT2D eigenvalue weighted by Crippen LogP contribution is 2.24. The fourth-order valence-electron chi connectivity index (χ4n) is 1.96. The lowest BCUT2D eigenvalue weighted by Crippen LogP contribution is -2.32. The Morgan fingerprint density at radius 1 is 1.50 bits per heavy atom. The SMILES string of the molecule is CN(CC(N)=S)CC1CCCC1. The maximum Gasteiger partial charge on any atom is 0.0869 e. The maximum absolute atomic E-state index is 5.46. The average molecular weight is 186 g/mol. The second kappa shape index (κ2) is 4.77. The summed E-state index contributed by atoms with van der Waals surface area (Å²) in [5, 5.41) is 0. The number of nitrogens with two attached hydrogens (primary N) is 1. The van der Waals surface area contributed by atoms with Gasteiger partial charge in [-0.3, -0.25) is 4.90 Å². The first-order chi connectivity index (χ1) is 5.68. The molecule has 1 aliphatic carbocycles. The average Bonchev–Trinajstić information content (AvgIpc) is 2.37. The number of rotatable bonds is 4. The zero-order valence-electron chi connectivity index (χ0n) is 7.75. The number of hydrogen-bond acceptors (Lipinski definition) is 2. The van der Waals surface area contributed by atoms with Gasteiger partial charge in [0.1, 0.15) is 0 Å². The summed E-state index contributed by atoms with van der Waals surface area (Å²) in [5.41, 5.74) is 5.46. The molecule has 2 N–H and O–H groups in total. The molecule has 1 fully saturated rings. The van der Waals surface area contributed by atoms with E-state index in [4.69, 9.17) is 18.0 Å². The van der Waals surface area contributed by atoms with Gasteiger partial charge in [0, 0.05) is 13.1 Å². The van der Waals surface area contributed by atoms with Gasteiger partial charge in [-0.05, 0) is 25.8 Å². The summed E-state index contributed by atoms with van der Waals surface area (Å²) in [4.78, 5) is 2.84. The molecule has 0 aromatic carbocycles. The highest BCUT2D eigenvalue weighted by atomic mass is 32.1. The van der Waals surface area contributed by atoms with Crippen LogP contribution in [0, 0.1) is 5.92 Å². The lowest BCUT2D eigenvalue weighted by molar-refractivity contribution is 0.310. The van der Waals surface area contributed by atoms with Gasteiger partial charge in [-0.25, -0.2) is 0 Å². The standard InChI is InChI=1S/C9H18N2S/c1-11(7-9(10)12)6-8-4-2-3-5-8/h8H,2-7H2,1H3,(H2,10,12). The summed E-state index contributed by atoms with van der Waals surface area (Å²) in [6.45, 7) is 1.93. The minimum absolute atomic E-state index is 0.607. The van der Waals surface area contributed by atoms with Gasteiger partial charge in [-0.15, -0.1) is 0 Å². The molecule has 0 aliphatic heterocycles. The van der Waals surface area contributed by atoms with E-state index in [0.29, 0.717) is 4.99 Å². The van der Waals surface area contributed by atoms with E-state index in [1.54, 1.807) is 0 Å². The van der Waals surface area contributed by atoms with Gasteiger partial charge in [0.25, 0.3) is 0 Å². The Bertz CT molecular complexity index is 153. The van der Waals surface area contributed by atoms with Crippen LogP contribution < -0.4 is 5.73 Å². The van der Waals surface area contributed by atoms with E-state index in [2.05, 4.69) is 11.9 Å². The highest BCUT2D eigenvalue weighted by molar-refractivity contribution is 7.80. The molecule has 70 valence electrons. The zero-order chi connectivity index (χ0) is 8.97. The summed E-state index contributed by atoms with van der Waals surface area (Å²) in [6.07, 6.45) is 5.60. The molecule has 0 aromatic rings. The normalized spacial score (nSPS) is 18.8. The Labute approximate surface area is 80.1 Å². The second-order valence-corrected chi connectivity index (χ2v) is 4.34. The lowest BCUT2D eigenvalue weighted by atomic mass is 10.1. The maximum atomic E-state index is 5.46. The van der Waals surface area contributed by atoms with Gasteiger partial charge in [0.2, 0.25) is 0 Å². The largest absolute Gasteiger partial charge is 0.392 e. The van der Waals surface area contributed by atoms with E-state index in [9.17, 15) is 0 Å². The molecule has 0 bridgehead atoms. The third-order valence-electron chi connectivity index (χ3n) is 2.47. The molecule has 0 unspecified atom stereocenters. The molecule has 0 amide bonds. The molecule has 1 saturated carbocycles. The van der Waals surface area contributed by atoms with Gasteiger partial charge in [0.05, 0.1) is 4.99 Å². The van der Waals surface area contributed by atoms with Crippen molar-refractivity contribution >= 4 is 17.2 Å². The Morgan fingerprint density at radius 3 is 2.58 bits per heavy atom. The number of likely N-dealkylation sites (N-methyl/N-ethyl adjacent to an activating group) is 1. The number of hydrogen-bond donors (Lipinski definition) is 1. The van der Waals surface area contributed by atoms with Gasteiger partial charge in [-0.1, -0.05) is 25.1 Å². The summed E-state index contributed by atoms with van der Waals surface area (Å²) < 4.78 is 0. The molecule has 12 heavy (non-hydrogen) atoms. The molecular weight excluding hydrogens is 168 g/mol. The van der Waals surface area contributed by atoms with Crippen molar-refractivity contribution in [1.82, 2.24) is 4.90 Å². The summed E-state index contributed by atoms with van der Waals surface area (Å²) in [7, 11) is 2.09. The van der Waals surface area contributed by atoms with E-state index in [1.165, 1.54) is 25.7 Å². The smallest absolute Gasteiger partial charge is 0.0869 e. The number of nitrogens with zero attached hydrogens (tertiary/aromatic N) is 1. The molecule has 1 aliphatic rings. The predicted molar refractivity (Wildman–Crippen MR) is 56.2 cm³/mol. The van der Waals surface area contributed by atoms with Crippen molar-refractivity contribution in [2.75, 3.05) is 20.1 Å². The van der Waals surface area contributed by atoms with Crippen LogP contribution in [-0.4, -0.2) is 30.0 Å². The minimum Gasteiger partial charge on any atom is -0.392 e. The quantitative estimate of drug-likeness (QED) is 0.673. The van der Waals surface area contributed by atoms with Gasteiger partial charge >= 0.3 is 0 Å². The molecule has 0 atom stereocenters. The molecule has 0 spiro atoms. The van der Waals surface area contributed by atoms with Crippen molar-refractivity contribution in [3.05, 3.63) is 0 Å².